The van der Waals surface area contributed by atoms with Gasteiger partial charge in [0, 0.05) is 37.8 Å². The number of benzene rings is 1. The predicted octanol–water partition coefficient (Wildman–Crippen LogP) is 1.88. The summed E-state index contributed by atoms with van der Waals surface area (Å²) in [5, 5.41) is 2.89. The molecule has 31 heavy (non-hydrogen) atoms. The molecule has 0 saturated carbocycles. The molecule has 3 rings (SSSR count). The molecule has 2 fully saturated rings. The number of rotatable bonds is 5. The predicted molar refractivity (Wildman–Crippen MR) is 120 cm³/mol. The summed E-state index contributed by atoms with van der Waals surface area (Å²) in [6.07, 6.45) is 4.17. The van der Waals surface area contributed by atoms with Gasteiger partial charge in [0.25, 0.3) is 5.91 Å². The SMILES string of the molecule is Cc1cc(C(=O)NC2CCCN(S(C)(=O)=O)C2)cc(S(=O)(=O)N2CCC(C)CC2)c1C. The van der Waals surface area contributed by atoms with E-state index in [4.69, 9.17) is 0 Å². The quantitative estimate of drug-likeness (QED) is 0.706. The van der Waals surface area contributed by atoms with Crippen molar-refractivity contribution in [2.45, 2.75) is 57.4 Å². The largest absolute Gasteiger partial charge is 0.348 e. The maximum absolute atomic E-state index is 13.3. The van der Waals surface area contributed by atoms with Gasteiger partial charge in [0.05, 0.1) is 11.2 Å². The number of aryl methyl sites for hydroxylation is 1. The number of carbonyl (C=O) groups excluding carboxylic acids is 1. The van der Waals surface area contributed by atoms with Gasteiger partial charge in [0.15, 0.2) is 0 Å². The summed E-state index contributed by atoms with van der Waals surface area (Å²) in [6.45, 7) is 7.35. The molecule has 1 unspecified atom stereocenters. The lowest BCUT2D eigenvalue weighted by molar-refractivity contribution is 0.0921. The molecule has 2 heterocycles. The average Bonchev–Trinajstić information content (AvgIpc) is 2.69. The minimum Gasteiger partial charge on any atom is -0.348 e. The van der Waals surface area contributed by atoms with Crippen LogP contribution in [0.15, 0.2) is 17.0 Å². The molecule has 2 aliphatic rings. The second kappa shape index (κ2) is 9.17. The molecule has 10 heteroatoms. The van der Waals surface area contributed by atoms with Crippen LogP contribution in [0.4, 0.5) is 0 Å². The number of nitrogens with one attached hydrogen (secondary N) is 1. The van der Waals surface area contributed by atoms with Gasteiger partial charge in [-0.25, -0.2) is 21.1 Å². The van der Waals surface area contributed by atoms with Gasteiger partial charge >= 0.3 is 0 Å². The molecule has 1 amide bonds. The molecular formula is C21H33N3O5S2. The molecule has 174 valence electrons. The van der Waals surface area contributed by atoms with Crippen molar-refractivity contribution in [3.05, 3.63) is 28.8 Å². The monoisotopic (exact) mass is 471 g/mol. The third kappa shape index (κ3) is 5.47. The zero-order chi connectivity index (χ0) is 23.0. The lowest BCUT2D eigenvalue weighted by atomic mass is 10.0. The van der Waals surface area contributed by atoms with E-state index in [2.05, 4.69) is 12.2 Å². The fourth-order valence-electron chi connectivity index (χ4n) is 4.22. The van der Waals surface area contributed by atoms with Crippen molar-refractivity contribution in [3.63, 3.8) is 0 Å². The van der Waals surface area contributed by atoms with Crippen molar-refractivity contribution in [2.75, 3.05) is 32.4 Å². The molecule has 2 aliphatic heterocycles. The Kier molecular flexibility index (Phi) is 7.15. The Morgan fingerprint density at radius 3 is 2.26 bits per heavy atom. The Morgan fingerprint density at radius 1 is 1.00 bits per heavy atom. The maximum atomic E-state index is 13.3. The van der Waals surface area contributed by atoms with E-state index in [1.165, 1.54) is 20.9 Å². The van der Waals surface area contributed by atoms with E-state index in [0.29, 0.717) is 44.0 Å². The smallest absolute Gasteiger partial charge is 0.251 e. The Bertz CT molecular complexity index is 1050. The highest BCUT2D eigenvalue weighted by atomic mass is 32.2. The highest BCUT2D eigenvalue weighted by molar-refractivity contribution is 7.89. The van der Waals surface area contributed by atoms with Crippen LogP contribution in [0.5, 0.6) is 0 Å². The summed E-state index contributed by atoms with van der Waals surface area (Å²) < 4.78 is 53.2. The van der Waals surface area contributed by atoms with Gasteiger partial charge in [-0.3, -0.25) is 4.79 Å². The average molecular weight is 472 g/mol. The number of hydrogen-bond donors (Lipinski definition) is 1. The van der Waals surface area contributed by atoms with Crippen LogP contribution in [0.2, 0.25) is 0 Å². The lowest BCUT2D eigenvalue weighted by Gasteiger charge is -2.31. The summed E-state index contributed by atoms with van der Waals surface area (Å²) in [7, 11) is -7.01. The van der Waals surface area contributed by atoms with Crippen molar-refractivity contribution in [2.24, 2.45) is 5.92 Å². The minimum absolute atomic E-state index is 0.175. The lowest BCUT2D eigenvalue weighted by Crippen LogP contribution is -2.49. The number of piperidine rings is 2. The Labute approximate surface area is 186 Å². The number of sulfonamides is 2. The van der Waals surface area contributed by atoms with Gasteiger partial charge in [0.2, 0.25) is 20.0 Å². The van der Waals surface area contributed by atoms with Crippen LogP contribution >= 0.6 is 0 Å². The van der Waals surface area contributed by atoms with Crippen molar-refractivity contribution < 1.29 is 21.6 Å². The molecule has 2 saturated heterocycles. The zero-order valence-corrected chi connectivity index (χ0v) is 20.4. The first kappa shape index (κ1) is 24.2. The van der Waals surface area contributed by atoms with Crippen molar-refractivity contribution in [3.8, 4) is 0 Å². The molecule has 1 aromatic rings. The van der Waals surface area contributed by atoms with Gasteiger partial charge in [-0.2, -0.15) is 4.31 Å². The van der Waals surface area contributed by atoms with E-state index < -0.39 is 20.0 Å². The van der Waals surface area contributed by atoms with E-state index in [1.54, 1.807) is 19.9 Å². The number of nitrogens with zero attached hydrogens (tertiary/aromatic N) is 2. The van der Waals surface area contributed by atoms with Crippen molar-refractivity contribution in [1.82, 2.24) is 13.9 Å². The number of amides is 1. The topological polar surface area (TPSA) is 104 Å². The summed E-state index contributed by atoms with van der Waals surface area (Å²) in [5.41, 5.74) is 1.66. The highest BCUT2D eigenvalue weighted by Crippen LogP contribution is 2.28. The summed E-state index contributed by atoms with van der Waals surface area (Å²) in [4.78, 5) is 13.1. The standard InChI is InChI=1S/C21H33N3O5S2/c1-15-7-10-23(11-8-15)31(28,29)20-13-18(12-16(2)17(20)3)21(25)22-19-6-5-9-24(14-19)30(4,26)27/h12-13,15,19H,5-11,14H2,1-4H3,(H,22,25). The molecule has 1 atom stereocenters. The van der Waals surface area contributed by atoms with E-state index in [1.807, 2.05) is 0 Å². The highest BCUT2D eigenvalue weighted by Gasteiger charge is 2.31. The van der Waals surface area contributed by atoms with Gasteiger partial charge < -0.3 is 5.32 Å². The van der Waals surface area contributed by atoms with Crippen LogP contribution in [0.25, 0.3) is 0 Å². The maximum Gasteiger partial charge on any atom is 0.251 e. The first-order valence-corrected chi connectivity index (χ1v) is 14.1. The first-order chi connectivity index (χ1) is 14.4. The van der Waals surface area contributed by atoms with E-state index in [9.17, 15) is 21.6 Å². The van der Waals surface area contributed by atoms with Crippen LogP contribution in [-0.2, 0) is 20.0 Å². The summed E-state index contributed by atoms with van der Waals surface area (Å²) in [6, 6.07) is 2.85. The second-order valence-electron chi connectivity index (χ2n) is 8.94. The second-order valence-corrected chi connectivity index (χ2v) is 12.8. The third-order valence-electron chi connectivity index (χ3n) is 6.43. The van der Waals surface area contributed by atoms with Crippen LogP contribution in [0.1, 0.15) is 54.1 Å². The Hall–Kier alpha value is -1.49. The van der Waals surface area contributed by atoms with E-state index in [0.717, 1.165) is 18.4 Å². The van der Waals surface area contributed by atoms with Crippen LogP contribution < -0.4 is 5.32 Å². The molecule has 0 aromatic heterocycles. The first-order valence-electron chi connectivity index (χ1n) is 10.8. The summed E-state index contributed by atoms with van der Waals surface area (Å²) in [5.74, 6) is 0.126. The molecule has 1 N–H and O–H groups in total. The van der Waals surface area contributed by atoms with Crippen LogP contribution in [0.3, 0.4) is 0 Å². The molecule has 0 radical (unpaired) electrons. The molecule has 1 aromatic carbocycles. The van der Waals surface area contributed by atoms with Crippen LogP contribution in [0, 0.1) is 19.8 Å². The molecule has 0 aliphatic carbocycles. The van der Waals surface area contributed by atoms with E-state index >= 15 is 0 Å². The number of hydrogen-bond acceptors (Lipinski definition) is 5. The minimum atomic E-state index is -3.69. The normalized spacial score (nSPS) is 22.4. The zero-order valence-electron chi connectivity index (χ0n) is 18.7. The van der Waals surface area contributed by atoms with Gasteiger partial charge in [0.1, 0.15) is 0 Å². The third-order valence-corrected chi connectivity index (χ3v) is 9.73. The number of carbonyl (C=O) groups is 1. The summed E-state index contributed by atoms with van der Waals surface area (Å²) >= 11 is 0. The molecule has 8 nitrogen and oxygen atoms in total. The Morgan fingerprint density at radius 2 is 1.65 bits per heavy atom. The van der Waals surface area contributed by atoms with Crippen LogP contribution in [-0.4, -0.2) is 69.8 Å². The fourth-order valence-corrected chi connectivity index (χ4v) is 6.93. The molecule has 0 spiro atoms. The molecule has 0 bridgehead atoms. The van der Waals surface area contributed by atoms with Gasteiger partial charge in [-0.05, 0) is 68.7 Å². The van der Waals surface area contributed by atoms with Crippen molar-refractivity contribution >= 4 is 26.0 Å². The molecular weight excluding hydrogens is 438 g/mol. The van der Waals surface area contributed by atoms with Crippen molar-refractivity contribution in [1.29, 1.82) is 0 Å². The van der Waals surface area contributed by atoms with Gasteiger partial charge in [-0.1, -0.05) is 6.92 Å². The van der Waals surface area contributed by atoms with Gasteiger partial charge in [-0.15, -0.1) is 0 Å². The van der Waals surface area contributed by atoms with E-state index in [-0.39, 0.29) is 29.0 Å². The fraction of sp³-hybridized carbons (Fsp3) is 0.667. The Balaban J connectivity index is 1.83.